The van der Waals surface area contributed by atoms with Gasteiger partial charge in [0.1, 0.15) is 5.69 Å². The van der Waals surface area contributed by atoms with Gasteiger partial charge >= 0.3 is 5.69 Å². The fourth-order valence-corrected chi connectivity index (χ4v) is 5.97. The van der Waals surface area contributed by atoms with E-state index in [-0.39, 0.29) is 18.3 Å². The van der Waals surface area contributed by atoms with Gasteiger partial charge in [0.15, 0.2) is 5.82 Å². The first-order chi connectivity index (χ1) is 11.0. The van der Waals surface area contributed by atoms with Crippen molar-refractivity contribution < 1.29 is 4.39 Å². The van der Waals surface area contributed by atoms with Crippen LogP contribution in [0.3, 0.4) is 0 Å². The van der Waals surface area contributed by atoms with Gasteiger partial charge in [0.2, 0.25) is 0 Å². The molecule has 2 atom stereocenters. The summed E-state index contributed by atoms with van der Waals surface area (Å²) in [6.07, 6.45) is 4.27. The number of fused-ring (bicyclic) bond motifs is 1. The molecule has 0 aromatic rings. The van der Waals surface area contributed by atoms with E-state index >= 15 is 0 Å². The summed E-state index contributed by atoms with van der Waals surface area (Å²) < 4.78 is 15.6. The van der Waals surface area contributed by atoms with Gasteiger partial charge in [-0.25, -0.2) is 4.79 Å². The van der Waals surface area contributed by atoms with E-state index < -0.39 is 0 Å². The first-order valence-electron chi connectivity index (χ1n) is 7.98. The van der Waals surface area contributed by atoms with Crippen molar-refractivity contribution in [3.63, 3.8) is 0 Å². The number of thioether (sulfide) groups is 1. The van der Waals surface area contributed by atoms with Gasteiger partial charge in [-0.2, -0.15) is 4.98 Å². The van der Waals surface area contributed by atoms with Crippen molar-refractivity contribution in [3.05, 3.63) is 21.1 Å². The molecule has 0 aromatic heterocycles. The van der Waals surface area contributed by atoms with Gasteiger partial charge in [0.05, 0.1) is 10.9 Å². The Labute approximate surface area is 143 Å². The number of nitrogen functional groups attached to an aromatic ring is 1. The van der Waals surface area contributed by atoms with Crippen molar-refractivity contribution in [3.8, 4) is 5.69 Å². The predicted octanol–water partition coefficient (Wildman–Crippen LogP) is 3.80. The maximum absolute atomic E-state index is 12.9. The Morgan fingerprint density at radius 2 is 2.13 bits per heavy atom. The number of nitrogens with two attached hydrogens (primary N) is 1. The fourth-order valence-electron chi connectivity index (χ4n) is 3.33. The zero-order chi connectivity index (χ0) is 16.6. The molecule has 2 heterocycles. The third kappa shape index (κ3) is 3.26. The number of hydrogen-bond acceptors (Lipinski definition) is 5. The average molecular weight is 356 g/mol. The van der Waals surface area contributed by atoms with Crippen LogP contribution in [0.15, 0.2) is 9.00 Å². The summed E-state index contributed by atoms with van der Waals surface area (Å²) in [6.45, 7) is 3.73. The second-order valence-corrected chi connectivity index (χ2v) is 8.87. The standard InChI is InChI=1S/C16H22FN3OS2/c1-9-10(2)23-15(13-14(18)19-16(21)20(9)13)22-8-12-5-3-4-11(6-12)7-17/h11-12H,3-8H2,1-2H3,(H2,18,19,21). The molecule has 7 heteroatoms. The molecule has 1 fully saturated rings. The Hall–Kier alpha value is -1.08. The van der Waals surface area contributed by atoms with E-state index in [1.54, 1.807) is 27.7 Å². The van der Waals surface area contributed by atoms with Gasteiger partial charge in [-0.15, -0.1) is 23.1 Å². The third-order valence-electron chi connectivity index (χ3n) is 4.72. The van der Waals surface area contributed by atoms with Gasteiger partial charge < -0.3 is 5.73 Å². The van der Waals surface area contributed by atoms with Gasteiger partial charge in [0.25, 0.3) is 0 Å². The zero-order valence-corrected chi connectivity index (χ0v) is 15.1. The summed E-state index contributed by atoms with van der Waals surface area (Å²) in [5.41, 5.74) is 7.30. The van der Waals surface area contributed by atoms with Crippen LogP contribution in [0.2, 0.25) is 0 Å². The number of halogens is 1. The second kappa shape index (κ2) is 6.81. The van der Waals surface area contributed by atoms with Crippen LogP contribution in [-0.2, 0) is 0 Å². The minimum atomic E-state index is -0.303. The van der Waals surface area contributed by atoms with Crippen LogP contribution in [-0.4, -0.2) is 22.0 Å². The molecule has 2 N–H and O–H groups in total. The molecule has 0 radical (unpaired) electrons. The molecule has 1 saturated carbocycles. The van der Waals surface area contributed by atoms with Crippen molar-refractivity contribution in [2.75, 3.05) is 18.2 Å². The van der Waals surface area contributed by atoms with E-state index in [9.17, 15) is 9.18 Å². The number of rotatable bonds is 4. The summed E-state index contributed by atoms with van der Waals surface area (Å²) in [5, 5.41) is 0. The lowest BCUT2D eigenvalue weighted by Gasteiger charge is -2.27. The normalized spacial score (nSPS) is 21.9. The molecular formula is C16H22FN3OS2. The molecule has 0 spiro atoms. The molecule has 2 aliphatic heterocycles. The Morgan fingerprint density at radius 1 is 1.39 bits per heavy atom. The molecule has 0 bridgehead atoms. The van der Waals surface area contributed by atoms with Crippen LogP contribution < -0.4 is 11.4 Å². The van der Waals surface area contributed by atoms with Crippen molar-refractivity contribution in [1.29, 1.82) is 0 Å². The largest absolute Gasteiger partial charge is 0.382 e. The minimum Gasteiger partial charge on any atom is -0.382 e. The number of alkyl halides is 1. The topological polar surface area (TPSA) is 60.9 Å². The van der Waals surface area contributed by atoms with Crippen LogP contribution in [0, 0.1) is 25.7 Å². The maximum Gasteiger partial charge on any atom is 0.354 e. The lowest BCUT2D eigenvalue weighted by atomic mass is 9.83. The molecule has 126 valence electrons. The summed E-state index contributed by atoms with van der Waals surface area (Å²) >= 11 is 3.40. The molecule has 0 amide bonds. The number of anilines is 1. The van der Waals surface area contributed by atoms with Crippen molar-refractivity contribution in [2.24, 2.45) is 11.8 Å². The lowest BCUT2D eigenvalue weighted by Crippen LogP contribution is -2.19. The Kier molecular flexibility index (Phi) is 4.96. The van der Waals surface area contributed by atoms with E-state index in [1.165, 1.54) is 0 Å². The summed E-state index contributed by atoms with van der Waals surface area (Å²) in [4.78, 5) is 17.0. The number of imidazole rings is 1. The van der Waals surface area contributed by atoms with E-state index in [0.29, 0.717) is 11.7 Å². The SMILES string of the molecule is Cc1sc(SCC2CCCC(CF)C2)c2c(N)nc(=O)n-2c1C. The van der Waals surface area contributed by atoms with Crippen molar-refractivity contribution in [1.82, 2.24) is 9.55 Å². The van der Waals surface area contributed by atoms with Gasteiger partial charge in [-0.3, -0.25) is 8.96 Å². The van der Waals surface area contributed by atoms with Crippen molar-refractivity contribution in [2.45, 2.75) is 43.7 Å². The van der Waals surface area contributed by atoms with E-state index in [2.05, 4.69) is 4.98 Å². The highest BCUT2D eigenvalue weighted by atomic mass is 32.2. The highest BCUT2D eigenvalue weighted by Gasteiger charge is 2.25. The maximum atomic E-state index is 12.9. The number of aromatic nitrogens is 2. The molecule has 4 nitrogen and oxygen atoms in total. The molecule has 2 unspecified atom stereocenters. The highest BCUT2D eigenvalue weighted by molar-refractivity contribution is 8.01. The van der Waals surface area contributed by atoms with E-state index in [4.69, 9.17) is 5.73 Å². The number of aryl methyl sites for hydroxylation is 1. The van der Waals surface area contributed by atoms with Crippen LogP contribution in [0.5, 0.6) is 0 Å². The third-order valence-corrected chi connectivity index (χ3v) is 7.39. The average Bonchev–Trinajstić information content (AvgIpc) is 2.84. The molecular weight excluding hydrogens is 333 g/mol. The summed E-state index contributed by atoms with van der Waals surface area (Å²) in [7, 11) is 0. The molecule has 3 aliphatic rings. The number of nitrogens with zero attached hydrogens (tertiary/aromatic N) is 2. The second-order valence-electron chi connectivity index (χ2n) is 6.36. The smallest absolute Gasteiger partial charge is 0.354 e. The van der Waals surface area contributed by atoms with Crippen molar-refractivity contribution >= 4 is 28.9 Å². The summed E-state index contributed by atoms with van der Waals surface area (Å²) in [5.74, 6) is 2.02. The molecule has 3 rings (SSSR count). The monoisotopic (exact) mass is 355 g/mol. The van der Waals surface area contributed by atoms with Gasteiger partial charge in [-0.05, 0) is 44.9 Å². The Bertz CT molecular complexity index is 727. The van der Waals surface area contributed by atoms with E-state index in [0.717, 1.165) is 51.9 Å². The zero-order valence-electron chi connectivity index (χ0n) is 13.5. The quantitative estimate of drug-likeness (QED) is 0.848. The van der Waals surface area contributed by atoms with Crippen LogP contribution in [0.1, 0.15) is 36.3 Å². The Balaban J connectivity index is 1.83. The van der Waals surface area contributed by atoms with E-state index in [1.807, 2.05) is 13.8 Å². The molecule has 0 aromatic carbocycles. The van der Waals surface area contributed by atoms with Gasteiger partial charge in [-0.1, -0.05) is 6.42 Å². The highest BCUT2D eigenvalue weighted by Crippen LogP contribution is 2.40. The summed E-state index contributed by atoms with van der Waals surface area (Å²) in [6, 6.07) is 0. The Morgan fingerprint density at radius 3 is 2.87 bits per heavy atom. The van der Waals surface area contributed by atoms with Crippen LogP contribution >= 0.6 is 23.1 Å². The van der Waals surface area contributed by atoms with Crippen LogP contribution in [0.25, 0.3) is 5.69 Å². The fraction of sp³-hybridized carbons (Fsp3) is 0.625. The molecule has 0 saturated heterocycles. The lowest BCUT2D eigenvalue weighted by molar-refractivity contribution is 0.236. The minimum absolute atomic E-state index is 0.202. The first kappa shape index (κ1) is 16.8. The van der Waals surface area contributed by atoms with Crippen LogP contribution in [0.4, 0.5) is 10.2 Å². The number of hydrogen-bond donors (Lipinski definition) is 1. The molecule has 1 aliphatic carbocycles. The van der Waals surface area contributed by atoms with Gasteiger partial charge in [0, 0.05) is 16.3 Å². The first-order valence-corrected chi connectivity index (χ1v) is 9.78. The predicted molar refractivity (Wildman–Crippen MR) is 94.9 cm³/mol. The molecule has 23 heavy (non-hydrogen) atoms.